The van der Waals surface area contributed by atoms with Crippen LogP contribution in [0.1, 0.15) is 34.0 Å². The van der Waals surface area contributed by atoms with Crippen LogP contribution >= 0.6 is 48.6 Å². The van der Waals surface area contributed by atoms with Crippen LogP contribution in [0.2, 0.25) is 0 Å². The van der Waals surface area contributed by atoms with Gasteiger partial charge in [-0.3, -0.25) is 19.2 Å². The van der Waals surface area contributed by atoms with Crippen LogP contribution in [-0.4, -0.2) is 70.6 Å². The van der Waals surface area contributed by atoms with Crippen molar-refractivity contribution in [1.82, 2.24) is 24.3 Å². The fourth-order valence-electron chi connectivity index (χ4n) is 5.77. The van der Waals surface area contributed by atoms with E-state index in [1.54, 1.807) is 17.7 Å². The molecule has 0 N–H and O–H groups in total. The van der Waals surface area contributed by atoms with Crippen molar-refractivity contribution in [1.29, 1.82) is 0 Å². The van der Waals surface area contributed by atoms with Gasteiger partial charge in [0.1, 0.15) is 4.83 Å². The first-order chi connectivity index (χ1) is 15.7. The third-order valence-corrected chi connectivity index (χ3v) is 8.75. The zero-order valence-electron chi connectivity index (χ0n) is 20.0. The van der Waals surface area contributed by atoms with Gasteiger partial charge in [-0.15, -0.1) is 48.6 Å². The van der Waals surface area contributed by atoms with E-state index >= 15 is 0 Å². The second-order valence-corrected chi connectivity index (χ2v) is 10.6. The number of benzene rings is 1. The Morgan fingerprint density at radius 2 is 1.77 bits per heavy atom. The highest BCUT2D eigenvalue weighted by Gasteiger charge is 2.30. The molecule has 6 rings (SSSR count). The molecule has 1 fully saturated rings. The topological polar surface area (TPSA) is 44.6 Å². The highest BCUT2D eigenvalue weighted by atomic mass is 35.5. The van der Waals surface area contributed by atoms with Crippen LogP contribution in [0.5, 0.6) is 0 Å². The molecule has 1 aromatic carbocycles. The molecule has 3 aliphatic rings. The van der Waals surface area contributed by atoms with Gasteiger partial charge in [-0.2, -0.15) is 0 Å². The minimum absolute atomic E-state index is 0. The number of piperazine rings is 1. The molecule has 35 heavy (non-hydrogen) atoms. The summed E-state index contributed by atoms with van der Waals surface area (Å²) >= 11 is 1.70. The number of likely N-dealkylation sites (N-methyl/N-ethyl adjacent to an activating group) is 1. The third kappa shape index (κ3) is 5.42. The van der Waals surface area contributed by atoms with Crippen LogP contribution in [-0.2, 0) is 25.9 Å². The Kier molecular flexibility index (Phi) is 9.65. The van der Waals surface area contributed by atoms with Crippen molar-refractivity contribution < 1.29 is 0 Å². The molecule has 0 amide bonds. The van der Waals surface area contributed by atoms with Crippen molar-refractivity contribution in [2.24, 2.45) is 0 Å². The maximum atomic E-state index is 13.2. The lowest BCUT2D eigenvalue weighted by atomic mass is 10.1. The van der Waals surface area contributed by atoms with E-state index in [0.717, 1.165) is 69.0 Å². The molecule has 0 bridgehead atoms. The lowest BCUT2D eigenvalue weighted by Crippen LogP contribution is -2.48. The van der Waals surface area contributed by atoms with Crippen LogP contribution in [0.4, 0.5) is 0 Å². The van der Waals surface area contributed by atoms with E-state index in [9.17, 15) is 4.79 Å². The zero-order chi connectivity index (χ0) is 21.7. The largest absolute Gasteiger partial charge is 0.301 e. The number of hydrogen-bond acceptors (Lipinski definition) is 6. The SMILES string of the molecule is CN1CCc2c(sc3ncn(CCN4CCN(C5CCc6ccccc65)CC4)c(=O)c23)C1.Cl.Cl.Cl. The van der Waals surface area contributed by atoms with Crippen molar-refractivity contribution in [3.8, 4) is 0 Å². The Hall–Kier alpha value is -1.19. The molecule has 0 radical (unpaired) electrons. The summed E-state index contributed by atoms with van der Waals surface area (Å²) in [5.74, 6) is 0. The van der Waals surface area contributed by atoms with Gasteiger partial charge in [-0.05, 0) is 43.0 Å². The van der Waals surface area contributed by atoms with Gasteiger partial charge in [0.25, 0.3) is 5.56 Å². The molecular weight excluding hydrogens is 525 g/mol. The molecule has 1 unspecified atom stereocenters. The number of halogens is 3. The fraction of sp³-hybridized carbons (Fsp3) is 0.520. The summed E-state index contributed by atoms with van der Waals surface area (Å²) < 4.78 is 1.84. The van der Waals surface area contributed by atoms with Crippen molar-refractivity contribution in [3.63, 3.8) is 0 Å². The first-order valence-electron chi connectivity index (χ1n) is 11.9. The first-order valence-corrected chi connectivity index (χ1v) is 12.7. The van der Waals surface area contributed by atoms with E-state index in [1.807, 2.05) is 4.57 Å². The van der Waals surface area contributed by atoms with Gasteiger partial charge in [-0.1, -0.05) is 24.3 Å². The van der Waals surface area contributed by atoms with Gasteiger partial charge in [0.05, 0.1) is 11.7 Å². The van der Waals surface area contributed by atoms with Gasteiger partial charge in [0.2, 0.25) is 0 Å². The Bertz CT molecular complexity index is 1210. The van der Waals surface area contributed by atoms with Gasteiger partial charge < -0.3 is 4.90 Å². The number of nitrogens with zero attached hydrogens (tertiary/aromatic N) is 5. The Balaban J connectivity index is 0.00000114. The molecule has 0 saturated carbocycles. The number of aryl methyl sites for hydroxylation is 1. The van der Waals surface area contributed by atoms with E-state index in [1.165, 1.54) is 34.4 Å². The smallest absolute Gasteiger partial charge is 0.262 e. The Morgan fingerprint density at radius 3 is 2.57 bits per heavy atom. The highest BCUT2D eigenvalue weighted by molar-refractivity contribution is 7.18. The normalized spacial score (nSPS) is 20.4. The first kappa shape index (κ1) is 28.4. The minimum Gasteiger partial charge on any atom is -0.301 e. The summed E-state index contributed by atoms with van der Waals surface area (Å²) in [5.41, 5.74) is 4.47. The zero-order valence-corrected chi connectivity index (χ0v) is 23.3. The molecule has 10 heteroatoms. The molecule has 2 aliphatic heterocycles. The maximum absolute atomic E-state index is 13.2. The number of thiophene rings is 1. The molecular formula is C25H34Cl3N5OS. The monoisotopic (exact) mass is 557 g/mol. The van der Waals surface area contributed by atoms with Gasteiger partial charge in [0.15, 0.2) is 0 Å². The second-order valence-electron chi connectivity index (χ2n) is 9.55. The standard InChI is InChI=1S/C25H31N5OS.3ClH/c1-27-9-8-20-22(16-27)32-24-23(20)25(31)30(17-26-24)15-12-28-10-13-29(14-11-28)21-7-6-18-4-2-3-5-19(18)21;;;/h2-5,17,21H,6-16H2,1H3;3*1H. The van der Waals surface area contributed by atoms with Gasteiger partial charge in [0, 0.05) is 63.3 Å². The number of hydrogen-bond donors (Lipinski definition) is 0. The molecule has 1 atom stereocenters. The number of rotatable bonds is 4. The molecule has 6 nitrogen and oxygen atoms in total. The van der Waals surface area contributed by atoms with E-state index in [0.29, 0.717) is 6.04 Å². The quantitative estimate of drug-likeness (QED) is 0.484. The highest BCUT2D eigenvalue weighted by Crippen LogP contribution is 2.36. The average molecular weight is 559 g/mol. The molecule has 3 aromatic rings. The lowest BCUT2D eigenvalue weighted by molar-refractivity contribution is 0.0936. The van der Waals surface area contributed by atoms with E-state index in [-0.39, 0.29) is 42.8 Å². The second kappa shape index (κ2) is 11.9. The van der Waals surface area contributed by atoms with Crippen LogP contribution in [0.3, 0.4) is 0 Å². The third-order valence-electron chi connectivity index (χ3n) is 7.62. The molecule has 1 aliphatic carbocycles. The fourth-order valence-corrected chi connectivity index (χ4v) is 7.03. The van der Waals surface area contributed by atoms with Gasteiger partial charge in [-0.25, -0.2) is 4.98 Å². The average Bonchev–Trinajstić information content (AvgIpc) is 3.40. The van der Waals surface area contributed by atoms with Crippen LogP contribution in [0.15, 0.2) is 35.4 Å². The van der Waals surface area contributed by atoms with E-state index in [4.69, 9.17) is 0 Å². The minimum atomic E-state index is 0. The lowest BCUT2D eigenvalue weighted by Gasteiger charge is -2.38. The summed E-state index contributed by atoms with van der Waals surface area (Å²) in [4.78, 5) is 27.6. The predicted octanol–water partition coefficient (Wildman–Crippen LogP) is 4.02. The van der Waals surface area contributed by atoms with Crippen molar-refractivity contribution in [2.75, 3.05) is 46.3 Å². The molecule has 1 saturated heterocycles. The molecule has 192 valence electrons. The Morgan fingerprint density at radius 1 is 1.00 bits per heavy atom. The predicted molar refractivity (Wildman–Crippen MR) is 151 cm³/mol. The van der Waals surface area contributed by atoms with E-state index < -0.39 is 0 Å². The van der Waals surface area contributed by atoms with Crippen molar-refractivity contribution in [2.45, 2.75) is 38.4 Å². The van der Waals surface area contributed by atoms with Crippen molar-refractivity contribution in [3.05, 3.63) is 62.5 Å². The summed E-state index contributed by atoms with van der Waals surface area (Å²) in [6, 6.07) is 9.54. The molecule has 2 aromatic heterocycles. The summed E-state index contributed by atoms with van der Waals surface area (Å²) in [7, 11) is 2.14. The van der Waals surface area contributed by atoms with Crippen molar-refractivity contribution >= 4 is 58.8 Å². The van der Waals surface area contributed by atoms with Crippen LogP contribution in [0.25, 0.3) is 10.2 Å². The summed E-state index contributed by atoms with van der Waals surface area (Å²) in [5, 5.41) is 0.880. The maximum Gasteiger partial charge on any atom is 0.262 e. The molecule has 4 heterocycles. The molecule has 0 spiro atoms. The summed E-state index contributed by atoms with van der Waals surface area (Å²) in [6.45, 7) is 7.95. The van der Waals surface area contributed by atoms with Gasteiger partial charge >= 0.3 is 0 Å². The van der Waals surface area contributed by atoms with E-state index in [2.05, 4.69) is 51.0 Å². The van der Waals surface area contributed by atoms with Crippen LogP contribution in [0, 0.1) is 0 Å². The number of fused-ring (bicyclic) bond motifs is 4. The Labute approximate surface area is 229 Å². The summed E-state index contributed by atoms with van der Waals surface area (Å²) in [6.07, 6.45) is 5.18. The van der Waals surface area contributed by atoms with Crippen LogP contribution < -0.4 is 5.56 Å². The number of aromatic nitrogens is 2.